The van der Waals surface area contributed by atoms with E-state index in [-0.39, 0.29) is 11.8 Å². The zero-order valence-electron chi connectivity index (χ0n) is 12.1. The van der Waals surface area contributed by atoms with Crippen molar-refractivity contribution < 1.29 is 19.1 Å². The normalized spacial score (nSPS) is 19.5. The average molecular weight is 303 g/mol. The number of hydrogen-bond acceptors (Lipinski definition) is 5. The van der Waals surface area contributed by atoms with Crippen LogP contribution in [0, 0.1) is 10.1 Å². The van der Waals surface area contributed by atoms with E-state index in [2.05, 4.69) is 12.2 Å². The molecule has 0 radical (unpaired) electrons. The molecule has 0 N–H and O–H groups in total. The van der Waals surface area contributed by atoms with Gasteiger partial charge in [0.2, 0.25) is 0 Å². The van der Waals surface area contributed by atoms with Crippen molar-refractivity contribution in [3.05, 3.63) is 52.1 Å². The highest BCUT2D eigenvalue weighted by Gasteiger charge is 2.24. The van der Waals surface area contributed by atoms with Crippen LogP contribution in [-0.2, 0) is 4.74 Å². The van der Waals surface area contributed by atoms with Crippen LogP contribution < -0.4 is 9.47 Å². The maximum Gasteiger partial charge on any atom is 0.273 e. The lowest BCUT2D eigenvalue weighted by molar-refractivity contribution is -0.385. The smallest absolute Gasteiger partial charge is 0.273 e. The Labute approximate surface area is 128 Å². The summed E-state index contributed by atoms with van der Waals surface area (Å²) in [7, 11) is 0. The first-order chi connectivity index (χ1) is 10.7. The molecular formula is C16H17NO5. The zero-order valence-corrected chi connectivity index (χ0v) is 12.1. The van der Waals surface area contributed by atoms with E-state index in [0.29, 0.717) is 31.3 Å². The molecule has 1 atom stereocenters. The third-order valence-electron chi connectivity index (χ3n) is 3.43. The second kappa shape index (κ2) is 6.62. The highest BCUT2D eigenvalue weighted by molar-refractivity contribution is 5.49. The highest BCUT2D eigenvalue weighted by atomic mass is 16.6. The molecule has 22 heavy (non-hydrogen) atoms. The van der Waals surface area contributed by atoms with E-state index in [1.54, 1.807) is 6.07 Å². The van der Waals surface area contributed by atoms with Gasteiger partial charge in [-0.05, 0) is 24.5 Å². The minimum absolute atomic E-state index is 0.0156. The van der Waals surface area contributed by atoms with Gasteiger partial charge >= 0.3 is 0 Å². The summed E-state index contributed by atoms with van der Waals surface area (Å²) >= 11 is 0. The van der Waals surface area contributed by atoms with Gasteiger partial charge in [0.15, 0.2) is 11.5 Å². The minimum atomic E-state index is -0.444. The summed E-state index contributed by atoms with van der Waals surface area (Å²) in [5, 5.41) is 10.9. The van der Waals surface area contributed by atoms with Crippen molar-refractivity contribution in [1.82, 2.24) is 0 Å². The molecule has 1 aromatic rings. The Balaban J connectivity index is 1.71. The first-order valence-corrected chi connectivity index (χ1v) is 7.23. The fraction of sp³-hybridized carbons (Fsp3) is 0.375. The van der Waals surface area contributed by atoms with Gasteiger partial charge in [-0.3, -0.25) is 10.1 Å². The molecule has 1 aliphatic carbocycles. The maximum absolute atomic E-state index is 10.9. The summed E-state index contributed by atoms with van der Waals surface area (Å²) in [5.41, 5.74) is 1.05. The molecule has 0 saturated carbocycles. The minimum Gasteiger partial charge on any atom is -0.487 e. The Morgan fingerprint density at radius 2 is 2.14 bits per heavy atom. The van der Waals surface area contributed by atoms with Crippen LogP contribution in [0.2, 0.25) is 0 Å². The van der Waals surface area contributed by atoms with Crippen LogP contribution >= 0.6 is 0 Å². The molecule has 1 aromatic carbocycles. The van der Waals surface area contributed by atoms with Gasteiger partial charge in [0.25, 0.3) is 5.69 Å². The quantitative estimate of drug-likeness (QED) is 0.440. The Morgan fingerprint density at radius 1 is 1.27 bits per heavy atom. The molecule has 1 heterocycles. The molecule has 2 aliphatic rings. The Kier molecular flexibility index (Phi) is 4.39. The molecule has 0 spiro atoms. The lowest BCUT2D eigenvalue weighted by Gasteiger charge is -2.13. The summed E-state index contributed by atoms with van der Waals surface area (Å²) in [6.07, 6.45) is 8.36. The number of allylic oxidation sites excluding steroid dienone is 2. The molecule has 0 bridgehead atoms. The summed E-state index contributed by atoms with van der Waals surface area (Å²) < 4.78 is 16.5. The van der Waals surface area contributed by atoms with Gasteiger partial charge in [-0.25, -0.2) is 0 Å². The lowest BCUT2D eigenvalue weighted by atomic mass is 10.1. The first kappa shape index (κ1) is 14.6. The molecule has 6 nitrogen and oxygen atoms in total. The molecule has 0 amide bonds. The standard InChI is InChI=1S/C16H17NO5/c18-17(19)13-6-7-15(22-11-14-10-20-14)16(8-13)21-9-12-4-2-1-3-5-12/h2,4-8,14H,1,3,9-11H2/t14-/m1/s1. The van der Waals surface area contributed by atoms with Crippen molar-refractivity contribution in [1.29, 1.82) is 0 Å². The summed E-state index contributed by atoms with van der Waals surface area (Å²) in [5.74, 6) is 0.885. The highest BCUT2D eigenvalue weighted by Crippen LogP contribution is 2.32. The van der Waals surface area contributed by atoms with Crippen molar-refractivity contribution in [2.24, 2.45) is 0 Å². The van der Waals surface area contributed by atoms with E-state index in [0.717, 1.165) is 18.4 Å². The van der Waals surface area contributed by atoms with E-state index in [1.807, 2.05) is 6.08 Å². The fourth-order valence-corrected chi connectivity index (χ4v) is 2.13. The Hall–Kier alpha value is -2.34. The van der Waals surface area contributed by atoms with Crippen LogP contribution in [-0.4, -0.2) is 30.8 Å². The third kappa shape index (κ3) is 3.85. The average Bonchev–Trinajstić information content (AvgIpc) is 3.36. The predicted molar refractivity (Wildman–Crippen MR) is 80.3 cm³/mol. The van der Waals surface area contributed by atoms with Crippen molar-refractivity contribution >= 4 is 5.69 Å². The molecule has 6 heteroatoms. The van der Waals surface area contributed by atoms with Gasteiger partial charge in [-0.2, -0.15) is 0 Å². The maximum atomic E-state index is 10.9. The van der Waals surface area contributed by atoms with Crippen molar-refractivity contribution in [3.8, 4) is 11.5 Å². The summed E-state index contributed by atoms with van der Waals surface area (Å²) in [6, 6.07) is 4.38. The second-order valence-corrected chi connectivity index (χ2v) is 5.20. The molecule has 1 saturated heterocycles. The number of ether oxygens (including phenoxy) is 3. The van der Waals surface area contributed by atoms with Crippen LogP contribution in [0.25, 0.3) is 0 Å². The van der Waals surface area contributed by atoms with Crippen LogP contribution in [0.1, 0.15) is 12.8 Å². The number of non-ortho nitro benzene ring substituents is 1. The Morgan fingerprint density at radius 3 is 2.82 bits per heavy atom. The fourth-order valence-electron chi connectivity index (χ4n) is 2.13. The van der Waals surface area contributed by atoms with Crippen LogP contribution in [0.3, 0.4) is 0 Å². The summed E-state index contributed by atoms with van der Waals surface area (Å²) in [4.78, 5) is 10.5. The molecule has 3 rings (SSSR count). The van der Waals surface area contributed by atoms with Gasteiger partial charge in [0.1, 0.15) is 19.3 Å². The van der Waals surface area contributed by atoms with Crippen LogP contribution in [0.5, 0.6) is 11.5 Å². The molecule has 0 unspecified atom stereocenters. The second-order valence-electron chi connectivity index (χ2n) is 5.20. The van der Waals surface area contributed by atoms with Crippen molar-refractivity contribution in [3.63, 3.8) is 0 Å². The number of hydrogen-bond donors (Lipinski definition) is 0. The predicted octanol–water partition coefficient (Wildman–Crippen LogP) is 3.03. The number of nitrogens with zero attached hydrogens (tertiary/aromatic N) is 1. The molecule has 1 aliphatic heterocycles. The van der Waals surface area contributed by atoms with Crippen molar-refractivity contribution in [2.75, 3.05) is 19.8 Å². The van der Waals surface area contributed by atoms with Crippen LogP contribution in [0.4, 0.5) is 5.69 Å². The molecule has 1 fully saturated rings. The van der Waals surface area contributed by atoms with Gasteiger partial charge in [0, 0.05) is 6.07 Å². The number of benzene rings is 1. The number of epoxide rings is 1. The summed E-state index contributed by atoms with van der Waals surface area (Å²) in [6.45, 7) is 1.49. The first-order valence-electron chi connectivity index (χ1n) is 7.23. The Bertz CT molecular complexity index is 619. The van der Waals surface area contributed by atoms with E-state index in [4.69, 9.17) is 14.2 Å². The van der Waals surface area contributed by atoms with Gasteiger partial charge < -0.3 is 14.2 Å². The number of rotatable bonds is 7. The molecule has 116 valence electrons. The molecule has 0 aromatic heterocycles. The monoisotopic (exact) mass is 303 g/mol. The van der Waals surface area contributed by atoms with Gasteiger partial charge in [-0.15, -0.1) is 0 Å². The van der Waals surface area contributed by atoms with E-state index in [9.17, 15) is 10.1 Å². The topological polar surface area (TPSA) is 74.1 Å². The largest absolute Gasteiger partial charge is 0.487 e. The number of nitro groups is 1. The van der Waals surface area contributed by atoms with E-state index < -0.39 is 4.92 Å². The van der Waals surface area contributed by atoms with Crippen LogP contribution in [0.15, 0.2) is 42.0 Å². The number of nitro benzene ring substituents is 1. The third-order valence-corrected chi connectivity index (χ3v) is 3.43. The lowest BCUT2D eigenvalue weighted by Crippen LogP contribution is -2.07. The van der Waals surface area contributed by atoms with Crippen molar-refractivity contribution in [2.45, 2.75) is 18.9 Å². The zero-order chi connectivity index (χ0) is 15.4. The SMILES string of the molecule is O=[N+]([O-])c1ccc(OC[C@H]2CO2)c(OCC2=CCCC=C2)c1. The van der Waals surface area contributed by atoms with Gasteiger partial charge in [0.05, 0.1) is 17.6 Å². The van der Waals surface area contributed by atoms with Gasteiger partial charge in [-0.1, -0.05) is 18.2 Å². The molecular weight excluding hydrogens is 286 g/mol. The van der Waals surface area contributed by atoms with E-state index in [1.165, 1.54) is 12.1 Å². The van der Waals surface area contributed by atoms with E-state index >= 15 is 0 Å².